The molecule has 0 saturated heterocycles. The molecular formula is C18H15ClN4O. The molecule has 0 amide bonds. The Morgan fingerprint density at radius 2 is 2.12 bits per heavy atom. The van der Waals surface area contributed by atoms with Gasteiger partial charge in [-0.05, 0) is 55.1 Å². The molecule has 2 heterocycles. The molecule has 0 fully saturated rings. The maximum Gasteiger partial charge on any atom is 0.251 e. The first kappa shape index (κ1) is 16.0. The number of aryl methyl sites for hydroxylation is 1. The van der Waals surface area contributed by atoms with Crippen LogP contribution in [0.5, 0.6) is 0 Å². The lowest BCUT2D eigenvalue weighted by Gasteiger charge is -2.07. The highest BCUT2D eigenvalue weighted by Gasteiger charge is 2.05. The van der Waals surface area contributed by atoms with Crippen LogP contribution in [0.4, 0.5) is 5.82 Å². The Morgan fingerprint density at radius 3 is 2.88 bits per heavy atom. The van der Waals surface area contributed by atoms with Gasteiger partial charge in [-0.1, -0.05) is 11.6 Å². The molecule has 0 aliphatic carbocycles. The van der Waals surface area contributed by atoms with E-state index in [1.165, 1.54) is 0 Å². The maximum absolute atomic E-state index is 12.1. The predicted octanol–water partition coefficient (Wildman–Crippen LogP) is 3.41. The van der Waals surface area contributed by atoms with Gasteiger partial charge in [0.15, 0.2) is 0 Å². The molecule has 3 rings (SSSR count). The third-order valence-electron chi connectivity index (χ3n) is 3.79. The Balaban J connectivity index is 1.74. The summed E-state index contributed by atoms with van der Waals surface area (Å²) in [5.41, 5.74) is 2.59. The van der Waals surface area contributed by atoms with E-state index >= 15 is 0 Å². The van der Waals surface area contributed by atoms with E-state index in [0.29, 0.717) is 40.6 Å². The van der Waals surface area contributed by atoms with E-state index in [9.17, 15) is 4.79 Å². The van der Waals surface area contributed by atoms with E-state index in [2.05, 4.69) is 21.4 Å². The first-order valence-electron chi connectivity index (χ1n) is 7.50. The number of aromatic amines is 1. The van der Waals surface area contributed by atoms with E-state index in [-0.39, 0.29) is 5.56 Å². The number of hydrogen-bond acceptors (Lipinski definition) is 4. The molecule has 0 spiro atoms. The molecule has 0 aliphatic heterocycles. The van der Waals surface area contributed by atoms with Crippen LogP contribution in [-0.4, -0.2) is 16.5 Å². The molecule has 0 bridgehead atoms. The van der Waals surface area contributed by atoms with Gasteiger partial charge in [-0.3, -0.25) is 4.79 Å². The van der Waals surface area contributed by atoms with Crippen molar-refractivity contribution >= 4 is 28.3 Å². The zero-order chi connectivity index (χ0) is 17.1. The number of fused-ring (bicyclic) bond motifs is 1. The van der Waals surface area contributed by atoms with Crippen molar-refractivity contribution in [3.8, 4) is 6.07 Å². The van der Waals surface area contributed by atoms with E-state index in [4.69, 9.17) is 16.9 Å². The number of nitrogens with zero attached hydrogens (tertiary/aromatic N) is 2. The van der Waals surface area contributed by atoms with Gasteiger partial charge in [-0.15, -0.1) is 0 Å². The summed E-state index contributed by atoms with van der Waals surface area (Å²) in [4.78, 5) is 19.3. The van der Waals surface area contributed by atoms with Gasteiger partial charge in [0.1, 0.15) is 11.9 Å². The molecule has 5 nitrogen and oxygen atoms in total. The fourth-order valence-corrected chi connectivity index (χ4v) is 2.69. The molecule has 2 aromatic heterocycles. The minimum Gasteiger partial charge on any atom is -0.370 e. The lowest BCUT2D eigenvalue weighted by molar-refractivity contribution is 0.978. The van der Waals surface area contributed by atoms with Gasteiger partial charge in [0.05, 0.1) is 11.3 Å². The fraction of sp³-hybridized carbons (Fsp3) is 0.167. The predicted molar refractivity (Wildman–Crippen MR) is 95.5 cm³/mol. The van der Waals surface area contributed by atoms with Crippen LogP contribution >= 0.6 is 11.6 Å². The van der Waals surface area contributed by atoms with Crippen LogP contribution in [0.3, 0.4) is 0 Å². The number of pyridine rings is 2. The highest BCUT2D eigenvalue weighted by atomic mass is 35.5. The van der Waals surface area contributed by atoms with Crippen molar-refractivity contribution in [1.82, 2.24) is 9.97 Å². The quantitative estimate of drug-likeness (QED) is 0.763. The highest BCUT2D eigenvalue weighted by Crippen LogP contribution is 2.17. The molecule has 0 atom stereocenters. The Hall–Kier alpha value is -2.84. The monoisotopic (exact) mass is 338 g/mol. The maximum atomic E-state index is 12.1. The van der Waals surface area contributed by atoms with E-state index in [1.54, 1.807) is 31.2 Å². The number of aromatic nitrogens is 2. The molecule has 2 N–H and O–H groups in total. The van der Waals surface area contributed by atoms with Gasteiger partial charge in [0, 0.05) is 22.6 Å². The van der Waals surface area contributed by atoms with Crippen molar-refractivity contribution < 1.29 is 0 Å². The average Bonchev–Trinajstić information content (AvgIpc) is 2.56. The standard InChI is InChI=1S/C18H15ClN4O/c1-11-13(10-20)2-5-17(22-11)21-7-6-12-8-14-9-15(19)3-4-16(14)23-18(12)24/h2-5,8-9H,6-7H2,1H3,(H,21,22)(H,23,24). The molecule has 0 radical (unpaired) electrons. The summed E-state index contributed by atoms with van der Waals surface area (Å²) in [5.74, 6) is 0.687. The molecule has 0 saturated carbocycles. The van der Waals surface area contributed by atoms with Gasteiger partial charge in [0.2, 0.25) is 0 Å². The van der Waals surface area contributed by atoms with Crippen LogP contribution < -0.4 is 10.9 Å². The van der Waals surface area contributed by atoms with E-state index < -0.39 is 0 Å². The van der Waals surface area contributed by atoms with Gasteiger partial charge in [-0.25, -0.2) is 4.98 Å². The summed E-state index contributed by atoms with van der Waals surface area (Å²) in [6.45, 7) is 2.36. The third kappa shape index (κ3) is 3.39. The van der Waals surface area contributed by atoms with Gasteiger partial charge < -0.3 is 10.3 Å². The second-order valence-corrected chi connectivity index (χ2v) is 5.91. The molecule has 3 aromatic rings. The Kier molecular flexibility index (Phi) is 4.50. The third-order valence-corrected chi connectivity index (χ3v) is 4.03. The molecule has 6 heteroatoms. The van der Waals surface area contributed by atoms with Crippen LogP contribution in [-0.2, 0) is 6.42 Å². The van der Waals surface area contributed by atoms with Crippen molar-refractivity contribution in [1.29, 1.82) is 5.26 Å². The van der Waals surface area contributed by atoms with Gasteiger partial charge >= 0.3 is 0 Å². The topological polar surface area (TPSA) is 81.6 Å². The van der Waals surface area contributed by atoms with Crippen LogP contribution in [0, 0.1) is 18.3 Å². The SMILES string of the molecule is Cc1nc(NCCc2cc3cc(Cl)ccc3[nH]c2=O)ccc1C#N. The first-order chi connectivity index (χ1) is 11.6. The number of rotatable bonds is 4. The first-order valence-corrected chi connectivity index (χ1v) is 7.88. The Morgan fingerprint density at radius 1 is 1.29 bits per heavy atom. The average molecular weight is 339 g/mol. The van der Waals surface area contributed by atoms with E-state index in [0.717, 1.165) is 10.9 Å². The van der Waals surface area contributed by atoms with E-state index in [1.807, 2.05) is 12.1 Å². The lowest BCUT2D eigenvalue weighted by Crippen LogP contribution is -2.16. The van der Waals surface area contributed by atoms with Gasteiger partial charge in [0.25, 0.3) is 5.56 Å². The van der Waals surface area contributed by atoms with Crippen molar-refractivity contribution in [3.05, 3.63) is 68.6 Å². The van der Waals surface area contributed by atoms with Crippen LogP contribution in [0.1, 0.15) is 16.8 Å². The highest BCUT2D eigenvalue weighted by molar-refractivity contribution is 6.31. The number of nitrogens with one attached hydrogen (secondary N) is 2. The minimum atomic E-state index is -0.101. The second-order valence-electron chi connectivity index (χ2n) is 5.47. The van der Waals surface area contributed by atoms with Crippen LogP contribution in [0.2, 0.25) is 5.02 Å². The second kappa shape index (κ2) is 6.73. The number of nitriles is 1. The smallest absolute Gasteiger partial charge is 0.251 e. The number of H-pyrrole nitrogens is 1. The lowest BCUT2D eigenvalue weighted by atomic mass is 10.1. The summed E-state index contributed by atoms with van der Waals surface area (Å²) < 4.78 is 0. The summed E-state index contributed by atoms with van der Waals surface area (Å²) >= 11 is 6.00. The fourth-order valence-electron chi connectivity index (χ4n) is 2.51. The number of hydrogen-bond donors (Lipinski definition) is 2. The molecule has 0 aliphatic rings. The van der Waals surface area contributed by atoms with Crippen molar-refractivity contribution in [2.24, 2.45) is 0 Å². The number of anilines is 1. The van der Waals surface area contributed by atoms with Crippen LogP contribution in [0.15, 0.2) is 41.2 Å². The van der Waals surface area contributed by atoms with Crippen molar-refractivity contribution in [3.63, 3.8) is 0 Å². The molecule has 1 aromatic carbocycles. The minimum absolute atomic E-state index is 0.101. The van der Waals surface area contributed by atoms with Crippen LogP contribution in [0.25, 0.3) is 10.9 Å². The molecule has 120 valence electrons. The summed E-state index contributed by atoms with van der Waals surface area (Å²) in [5, 5.41) is 13.6. The molecule has 24 heavy (non-hydrogen) atoms. The Labute approximate surface area is 143 Å². The largest absolute Gasteiger partial charge is 0.370 e. The van der Waals surface area contributed by atoms with Crippen molar-refractivity contribution in [2.75, 3.05) is 11.9 Å². The zero-order valence-electron chi connectivity index (χ0n) is 13.1. The molecule has 0 unspecified atom stereocenters. The molecular weight excluding hydrogens is 324 g/mol. The Bertz CT molecular complexity index is 1000. The number of benzene rings is 1. The normalized spacial score (nSPS) is 10.5. The summed E-state index contributed by atoms with van der Waals surface area (Å²) in [6.07, 6.45) is 0.554. The summed E-state index contributed by atoms with van der Waals surface area (Å²) in [7, 11) is 0. The number of halogens is 1. The summed E-state index contributed by atoms with van der Waals surface area (Å²) in [6, 6.07) is 12.8. The van der Waals surface area contributed by atoms with Crippen molar-refractivity contribution in [2.45, 2.75) is 13.3 Å². The van der Waals surface area contributed by atoms with Gasteiger partial charge in [-0.2, -0.15) is 5.26 Å². The zero-order valence-corrected chi connectivity index (χ0v) is 13.8.